The molecule has 2 rings (SSSR count). The van der Waals surface area contributed by atoms with Crippen LogP contribution in [0.25, 0.3) is 0 Å². The summed E-state index contributed by atoms with van der Waals surface area (Å²) in [4.78, 5) is 3.76. The van der Waals surface area contributed by atoms with Gasteiger partial charge in [-0.3, -0.25) is 0 Å². The highest BCUT2D eigenvalue weighted by atomic mass is 16.3. The van der Waals surface area contributed by atoms with Crippen LogP contribution in [0.5, 0.6) is 5.88 Å². The van der Waals surface area contributed by atoms with Crippen molar-refractivity contribution in [2.24, 2.45) is 0 Å². The Morgan fingerprint density at radius 2 is 2.40 bits per heavy atom. The summed E-state index contributed by atoms with van der Waals surface area (Å²) in [7, 11) is 0. The molecule has 0 bridgehead atoms. The molecule has 1 aliphatic rings. The molecule has 0 atom stereocenters. The molecule has 0 unspecified atom stereocenters. The Balaban J connectivity index is 2.58. The van der Waals surface area contributed by atoms with E-state index in [2.05, 4.69) is 4.98 Å². The normalized spacial score (nSPS) is 21.4. The fourth-order valence-corrected chi connectivity index (χ4v) is 0.871. The standard InChI is InChI=1S/C8H9NO/c10-8-3-1-2-7(9-8)6-4-5-6/h1-3,6H,4-5H2,(H,9,10)/i1D,2D,3D. The Morgan fingerprint density at radius 1 is 1.60 bits per heavy atom. The van der Waals surface area contributed by atoms with E-state index in [0.717, 1.165) is 12.8 Å². The number of hydrogen-bond acceptors (Lipinski definition) is 2. The Kier molecular flexibility index (Phi) is 0.666. The third-order valence-electron chi connectivity index (χ3n) is 1.56. The molecule has 1 aliphatic carbocycles. The van der Waals surface area contributed by atoms with Crippen molar-refractivity contribution in [1.82, 2.24) is 4.98 Å². The van der Waals surface area contributed by atoms with E-state index in [1.807, 2.05) is 0 Å². The van der Waals surface area contributed by atoms with E-state index in [0.29, 0.717) is 5.69 Å². The molecule has 1 N–H and O–H groups in total. The van der Waals surface area contributed by atoms with Crippen LogP contribution in [0, 0.1) is 0 Å². The van der Waals surface area contributed by atoms with Crippen molar-refractivity contribution in [3.8, 4) is 5.88 Å². The minimum Gasteiger partial charge on any atom is -0.493 e. The van der Waals surface area contributed by atoms with E-state index in [4.69, 9.17) is 4.11 Å². The van der Waals surface area contributed by atoms with Crippen LogP contribution in [0.15, 0.2) is 18.1 Å². The largest absolute Gasteiger partial charge is 0.493 e. The van der Waals surface area contributed by atoms with Crippen LogP contribution in [-0.4, -0.2) is 10.1 Å². The predicted octanol–water partition coefficient (Wildman–Crippen LogP) is 1.66. The number of nitrogens with zero attached hydrogens (tertiary/aromatic N) is 1. The van der Waals surface area contributed by atoms with Crippen molar-refractivity contribution in [2.75, 3.05) is 0 Å². The molecule has 10 heavy (non-hydrogen) atoms. The Hall–Kier alpha value is -1.05. The maximum atomic E-state index is 9.18. The summed E-state index contributed by atoms with van der Waals surface area (Å²) < 4.78 is 22.1. The lowest BCUT2D eigenvalue weighted by Crippen LogP contribution is -1.83. The molecule has 1 fully saturated rings. The first-order valence-electron chi connectivity index (χ1n) is 4.78. The highest BCUT2D eigenvalue weighted by molar-refractivity contribution is 5.20. The summed E-state index contributed by atoms with van der Waals surface area (Å²) in [6.45, 7) is 0. The second kappa shape index (κ2) is 1.97. The third-order valence-corrected chi connectivity index (χ3v) is 1.56. The van der Waals surface area contributed by atoms with Gasteiger partial charge in [-0.25, -0.2) is 4.98 Å². The van der Waals surface area contributed by atoms with Gasteiger partial charge in [0.2, 0.25) is 5.88 Å². The van der Waals surface area contributed by atoms with E-state index >= 15 is 0 Å². The van der Waals surface area contributed by atoms with Crippen LogP contribution in [0.1, 0.15) is 28.6 Å². The van der Waals surface area contributed by atoms with Gasteiger partial charge in [0, 0.05) is 17.7 Å². The zero-order valence-corrected chi connectivity index (χ0v) is 5.39. The van der Waals surface area contributed by atoms with Crippen LogP contribution < -0.4 is 0 Å². The van der Waals surface area contributed by atoms with Crippen molar-refractivity contribution >= 4 is 0 Å². The van der Waals surface area contributed by atoms with Crippen molar-refractivity contribution in [3.63, 3.8) is 0 Å². The molecule has 0 radical (unpaired) electrons. The summed E-state index contributed by atoms with van der Waals surface area (Å²) in [5, 5.41) is 9.18. The quantitative estimate of drug-likeness (QED) is 0.640. The first-order valence-corrected chi connectivity index (χ1v) is 3.28. The molecule has 1 heterocycles. The van der Waals surface area contributed by atoms with Gasteiger partial charge in [0.25, 0.3) is 0 Å². The average Bonchev–Trinajstić information content (AvgIpc) is 2.91. The van der Waals surface area contributed by atoms with Gasteiger partial charge < -0.3 is 5.11 Å². The highest BCUT2D eigenvalue weighted by Gasteiger charge is 2.24. The van der Waals surface area contributed by atoms with Crippen molar-refractivity contribution < 1.29 is 9.22 Å². The number of rotatable bonds is 1. The highest BCUT2D eigenvalue weighted by Crippen LogP contribution is 2.39. The molecule has 0 saturated heterocycles. The maximum absolute atomic E-state index is 9.18. The van der Waals surface area contributed by atoms with Gasteiger partial charge >= 0.3 is 0 Å². The minimum atomic E-state index is -0.428. The Labute approximate surface area is 63.7 Å². The van der Waals surface area contributed by atoms with Gasteiger partial charge in [0.05, 0.1) is 4.11 Å². The number of hydrogen-bond donors (Lipinski definition) is 1. The summed E-state index contributed by atoms with van der Waals surface area (Å²) in [6, 6.07) is -0.589. The molecule has 0 amide bonds. The molecule has 52 valence electrons. The summed E-state index contributed by atoms with van der Waals surface area (Å²) in [6.07, 6.45) is 1.93. The SMILES string of the molecule is [2H]c1c(O)nc(C2CC2)c([2H])c1[2H]. The van der Waals surface area contributed by atoms with Gasteiger partial charge in [-0.1, -0.05) is 6.04 Å². The van der Waals surface area contributed by atoms with E-state index in [1.165, 1.54) is 0 Å². The first kappa shape index (κ1) is 3.37. The second-order valence-electron chi connectivity index (χ2n) is 2.47. The molecule has 0 spiro atoms. The topological polar surface area (TPSA) is 33.1 Å². The van der Waals surface area contributed by atoms with E-state index in [-0.39, 0.29) is 24.0 Å². The monoisotopic (exact) mass is 138 g/mol. The van der Waals surface area contributed by atoms with Crippen LogP contribution in [0.3, 0.4) is 0 Å². The smallest absolute Gasteiger partial charge is 0.210 e. The lowest BCUT2D eigenvalue weighted by Gasteiger charge is -1.95. The first-order chi connectivity index (χ1) is 6.11. The Bertz CT molecular complexity index is 363. The summed E-state index contributed by atoms with van der Waals surface area (Å²) >= 11 is 0. The third kappa shape index (κ3) is 0.967. The average molecular weight is 138 g/mol. The van der Waals surface area contributed by atoms with Crippen molar-refractivity contribution in [3.05, 3.63) is 23.8 Å². The van der Waals surface area contributed by atoms with Gasteiger partial charge in [0.1, 0.15) is 0 Å². The number of pyridine rings is 1. The molecular formula is C8H9NO. The fraction of sp³-hybridized carbons (Fsp3) is 0.375. The predicted molar refractivity (Wildman–Crippen MR) is 37.9 cm³/mol. The van der Waals surface area contributed by atoms with Crippen molar-refractivity contribution in [2.45, 2.75) is 18.8 Å². The van der Waals surface area contributed by atoms with Gasteiger partial charge in [0.15, 0.2) is 0 Å². The van der Waals surface area contributed by atoms with Crippen LogP contribution in [0.2, 0.25) is 0 Å². The molecule has 1 aromatic rings. The molecule has 1 saturated carbocycles. The molecule has 0 aromatic carbocycles. The summed E-state index contributed by atoms with van der Waals surface area (Å²) in [5.74, 6) is -0.203. The zero-order valence-electron chi connectivity index (χ0n) is 8.39. The molecule has 1 aromatic heterocycles. The van der Waals surface area contributed by atoms with Crippen LogP contribution in [-0.2, 0) is 0 Å². The van der Waals surface area contributed by atoms with Gasteiger partial charge in [-0.15, -0.1) is 0 Å². The molecule has 2 nitrogen and oxygen atoms in total. The van der Waals surface area contributed by atoms with Crippen LogP contribution in [0.4, 0.5) is 0 Å². The van der Waals surface area contributed by atoms with E-state index < -0.39 is 5.88 Å². The lowest BCUT2D eigenvalue weighted by molar-refractivity contribution is 0.451. The van der Waals surface area contributed by atoms with E-state index in [1.54, 1.807) is 0 Å². The number of aromatic hydroxyl groups is 1. The molecular weight excluding hydrogens is 126 g/mol. The fourth-order valence-electron chi connectivity index (χ4n) is 0.871. The molecule has 2 heteroatoms. The molecule has 0 aliphatic heterocycles. The second-order valence-corrected chi connectivity index (χ2v) is 2.47. The van der Waals surface area contributed by atoms with Gasteiger partial charge in [-0.05, 0) is 18.9 Å². The van der Waals surface area contributed by atoms with Crippen molar-refractivity contribution in [1.29, 1.82) is 0 Å². The Morgan fingerprint density at radius 3 is 3.10 bits per heavy atom. The summed E-state index contributed by atoms with van der Waals surface area (Å²) in [5.41, 5.74) is 0.471. The zero-order chi connectivity index (χ0) is 9.59. The lowest BCUT2D eigenvalue weighted by atomic mass is 10.2. The van der Waals surface area contributed by atoms with Crippen LogP contribution >= 0.6 is 0 Å². The number of aromatic nitrogens is 1. The minimum absolute atomic E-state index is 0.00898. The van der Waals surface area contributed by atoms with Gasteiger partial charge in [-0.2, -0.15) is 0 Å². The maximum Gasteiger partial charge on any atom is 0.210 e. The van der Waals surface area contributed by atoms with E-state index in [9.17, 15) is 5.11 Å².